The van der Waals surface area contributed by atoms with Crippen LogP contribution in [0.1, 0.15) is 51.3 Å². The predicted molar refractivity (Wildman–Crippen MR) is 123 cm³/mol. The topological polar surface area (TPSA) is 72.4 Å². The average molecular weight is 479 g/mol. The molecule has 0 aromatic carbocycles. The number of fused-ring (bicyclic) bond motifs is 1. The number of anilines is 1. The van der Waals surface area contributed by atoms with E-state index in [1.807, 2.05) is 10.7 Å². The summed E-state index contributed by atoms with van der Waals surface area (Å²) in [4.78, 5) is 9.00. The van der Waals surface area contributed by atoms with Gasteiger partial charge in [-0.15, -0.1) is 13.2 Å². The van der Waals surface area contributed by atoms with Crippen LogP contribution in [0.5, 0.6) is 5.75 Å². The number of likely N-dealkylation sites (N-methyl/N-ethyl adjacent to an activating group) is 1. The molecule has 2 unspecified atom stereocenters. The number of aromatic nitrogens is 3. The molecule has 2 aliphatic carbocycles. The van der Waals surface area contributed by atoms with Crippen molar-refractivity contribution in [2.75, 3.05) is 32.4 Å². The number of ether oxygens (including phenoxy) is 1. The summed E-state index contributed by atoms with van der Waals surface area (Å²) in [7, 11) is 2.19. The lowest BCUT2D eigenvalue weighted by Crippen LogP contribution is -2.54. The maximum Gasteiger partial charge on any atom is 0.573 e. The Hall–Kier alpha value is -2.33. The van der Waals surface area contributed by atoms with E-state index in [0.29, 0.717) is 41.1 Å². The van der Waals surface area contributed by atoms with E-state index in [0.717, 1.165) is 19.6 Å². The van der Waals surface area contributed by atoms with Crippen molar-refractivity contribution in [1.29, 1.82) is 0 Å². The zero-order valence-corrected chi connectivity index (χ0v) is 20.1. The van der Waals surface area contributed by atoms with Gasteiger partial charge in [-0.2, -0.15) is 5.10 Å². The Morgan fingerprint density at radius 2 is 1.85 bits per heavy atom. The van der Waals surface area contributed by atoms with Crippen molar-refractivity contribution in [1.82, 2.24) is 24.6 Å². The van der Waals surface area contributed by atoms with Gasteiger partial charge < -0.3 is 15.4 Å². The van der Waals surface area contributed by atoms with Crippen molar-refractivity contribution in [2.45, 2.75) is 64.0 Å². The Kier molecular flexibility index (Phi) is 5.79. The minimum absolute atomic E-state index is 0.145. The molecule has 2 aromatic rings. The average Bonchev–Trinajstić information content (AvgIpc) is 3.09. The minimum Gasteiger partial charge on any atom is -0.402 e. The predicted octanol–water partition coefficient (Wildman–Crippen LogP) is 4.13. The van der Waals surface area contributed by atoms with Crippen LogP contribution >= 0.6 is 0 Å². The third-order valence-electron chi connectivity index (χ3n) is 7.77. The van der Waals surface area contributed by atoms with Gasteiger partial charge in [0, 0.05) is 61.1 Å². The molecule has 5 rings (SSSR count). The zero-order valence-electron chi connectivity index (χ0n) is 20.1. The number of rotatable bonds is 5. The number of alkyl halides is 3. The molecular weight excluding hydrogens is 445 g/mol. The maximum absolute atomic E-state index is 12.8. The van der Waals surface area contributed by atoms with Crippen LogP contribution in [0, 0.1) is 11.8 Å². The van der Waals surface area contributed by atoms with Crippen LogP contribution in [0.3, 0.4) is 0 Å². The largest absolute Gasteiger partial charge is 0.573 e. The molecule has 3 atom stereocenters. The molecule has 186 valence electrons. The molecule has 0 spiro atoms. The molecule has 1 saturated heterocycles. The van der Waals surface area contributed by atoms with Crippen molar-refractivity contribution >= 4 is 5.82 Å². The first-order valence-electron chi connectivity index (χ1n) is 12.1. The van der Waals surface area contributed by atoms with Crippen LogP contribution in [-0.2, 0) is 0 Å². The summed E-state index contributed by atoms with van der Waals surface area (Å²) in [6.45, 7) is 9.86. The van der Waals surface area contributed by atoms with E-state index < -0.39 is 12.1 Å². The van der Waals surface area contributed by atoms with Crippen LogP contribution in [0.2, 0.25) is 0 Å². The van der Waals surface area contributed by atoms with E-state index in [-0.39, 0.29) is 11.9 Å². The SMILES string of the molecule is CC(C)n1nc(-c2cnc(N)c(OC(F)(F)F)c2)cc1C1C2CC(N3CCN(C)C[C@@H]3C)CC21. The van der Waals surface area contributed by atoms with Crippen LogP contribution in [0.15, 0.2) is 18.3 Å². The third kappa shape index (κ3) is 4.37. The fraction of sp³-hybridized carbons (Fsp3) is 0.667. The third-order valence-corrected chi connectivity index (χ3v) is 7.77. The number of nitrogens with zero attached hydrogens (tertiary/aromatic N) is 5. The second-order valence-corrected chi connectivity index (χ2v) is 10.5. The highest BCUT2D eigenvalue weighted by Crippen LogP contribution is 2.64. The number of hydrogen-bond acceptors (Lipinski definition) is 6. The fourth-order valence-electron chi connectivity index (χ4n) is 6.23. The fourth-order valence-corrected chi connectivity index (χ4v) is 6.23. The monoisotopic (exact) mass is 478 g/mol. The highest BCUT2D eigenvalue weighted by Gasteiger charge is 2.59. The molecule has 7 nitrogen and oxygen atoms in total. The Morgan fingerprint density at radius 3 is 2.47 bits per heavy atom. The summed E-state index contributed by atoms with van der Waals surface area (Å²) in [5.74, 6) is 0.944. The number of halogens is 3. The van der Waals surface area contributed by atoms with Gasteiger partial charge in [0.1, 0.15) is 0 Å². The molecule has 3 fully saturated rings. The summed E-state index contributed by atoms with van der Waals surface area (Å²) < 4.78 is 44.3. The van der Waals surface area contributed by atoms with Gasteiger partial charge >= 0.3 is 6.36 Å². The van der Waals surface area contributed by atoms with Gasteiger partial charge in [-0.3, -0.25) is 9.58 Å². The maximum atomic E-state index is 12.8. The first-order valence-corrected chi connectivity index (χ1v) is 12.1. The van der Waals surface area contributed by atoms with Crippen LogP contribution in [0.4, 0.5) is 19.0 Å². The molecule has 0 amide bonds. The summed E-state index contributed by atoms with van der Waals surface area (Å²) in [6, 6.07) is 4.66. The van der Waals surface area contributed by atoms with Gasteiger partial charge in [-0.1, -0.05) is 0 Å². The van der Waals surface area contributed by atoms with Crippen molar-refractivity contribution in [2.24, 2.45) is 11.8 Å². The molecule has 3 aliphatic rings. The highest BCUT2D eigenvalue weighted by atomic mass is 19.4. The van der Waals surface area contributed by atoms with Crippen LogP contribution < -0.4 is 10.5 Å². The molecule has 34 heavy (non-hydrogen) atoms. The molecule has 2 aromatic heterocycles. The minimum atomic E-state index is -4.83. The van der Waals surface area contributed by atoms with E-state index in [9.17, 15) is 13.2 Å². The first kappa shape index (κ1) is 23.4. The molecule has 10 heteroatoms. The Balaban J connectivity index is 1.35. The van der Waals surface area contributed by atoms with Crippen molar-refractivity contribution in [3.05, 3.63) is 24.0 Å². The number of nitrogens with two attached hydrogens (primary N) is 1. The van der Waals surface area contributed by atoms with Crippen molar-refractivity contribution < 1.29 is 17.9 Å². The molecule has 0 bridgehead atoms. The van der Waals surface area contributed by atoms with Crippen molar-refractivity contribution in [3.8, 4) is 17.0 Å². The zero-order chi connectivity index (χ0) is 24.4. The second-order valence-electron chi connectivity index (χ2n) is 10.5. The Labute approximate surface area is 198 Å². The second kappa shape index (κ2) is 8.41. The van der Waals surface area contributed by atoms with E-state index in [1.54, 1.807) is 0 Å². The van der Waals surface area contributed by atoms with E-state index in [4.69, 9.17) is 10.8 Å². The lowest BCUT2D eigenvalue weighted by atomic mass is 10.00. The lowest BCUT2D eigenvalue weighted by Gasteiger charge is -2.42. The summed E-state index contributed by atoms with van der Waals surface area (Å²) in [6.07, 6.45) is -0.974. The van der Waals surface area contributed by atoms with Crippen LogP contribution in [0.25, 0.3) is 11.3 Å². The Morgan fingerprint density at radius 1 is 1.15 bits per heavy atom. The summed E-state index contributed by atoms with van der Waals surface area (Å²) in [5.41, 5.74) is 7.83. The molecule has 0 radical (unpaired) electrons. The number of nitrogen functional groups attached to an aromatic ring is 1. The molecule has 1 aliphatic heterocycles. The quantitative estimate of drug-likeness (QED) is 0.697. The summed E-state index contributed by atoms with van der Waals surface area (Å²) in [5, 5.41) is 4.75. The van der Waals surface area contributed by atoms with Gasteiger partial charge in [0.15, 0.2) is 11.6 Å². The van der Waals surface area contributed by atoms with E-state index in [1.165, 1.54) is 30.8 Å². The van der Waals surface area contributed by atoms with Crippen LogP contribution in [-0.4, -0.2) is 69.7 Å². The van der Waals surface area contributed by atoms with Gasteiger partial charge in [0.2, 0.25) is 0 Å². The van der Waals surface area contributed by atoms with Crippen molar-refractivity contribution in [3.63, 3.8) is 0 Å². The van der Waals surface area contributed by atoms with Gasteiger partial charge in [-0.05, 0) is 64.6 Å². The summed E-state index contributed by atoms with van der Waals surface area (Å²) >= 11 is 0. The molecule has 3 heterocycles. The standard InChI is InChI=1S/C24H33F3N6O/c1-13(2)33-20(10-19(30-33)15-7-21(23(28)29-11-15)34-24(25,26)27)22-17-8-16(9-18(17)22)32-6-5-31(4)12-14(32)3/h7,10-11,13-14,16-18,22H,5-6,8-9,12H2,1-4H3,(H2,28,29)/t14-,16?,17?,18?,22?/m0/s1. The molecular formula is C24H33F3N6O. The normalized spacial score (nSPS) is 30.1. The molecule has 2 N–H and O–H groups in total. The van der Waals surface area contributed by atoms with E-state index >= 15 is 0 Å². The lowest BCUT2D eigenvalue weighted by molar-refractivity contribution is -0.274. The molecule has 2 saturated carbocycles. The number of piperazine rings is 1. The van der Waals surface area contributed by atoms with E-state index in [2.05, 4.69) is 47.3 Å². The highest BCUT2D eigenvalue weighted by molar-refractivity contribution is 5.64. The first-order chi connectivity index (χ1) is 16.0. The smallest absolute Gasteiger partial charge is 0.402 e. The van der Waals surface area contributed by atoms with Gasteiger partial charge in [0.05, 0.1) is 5.69 Å². The number of pyridine rings is 1. The Bertz CT molecular complexity index is 1040. The van der Waals surface area contributed by atoms with Gasteiger partial charge in [0.25, 0.3) is 0 Å². The number of hydrogen-bond donors (Lipinski definition) is 1. The van der Waals surface area contributed by atoms with Gasteiger partial charge in [-0.25, -0.2) is 4.98 Å².